The predicted octanol–water partition coefficient (Wildman–Crippen LogP) is 6.44. The Labute approximate surface area is 216 Å². The van der Waals surface area contributed by atoms with Crippen LogP contribution in [0.15, 0.2) is 77.2 Å². The fraction of sp³-hybridized carbons (Fsp3) is 0.267. The average molecular weight is 503 g/mol. The second-order valence-electron chi connectivity index (χ2n) is 9.02. The minimum Gasteiger partial charge on any atom is -0.508 e. The van der Waals surface area contributed by atoms with Gasteiger partial charge in [-0.25, -0.2) is 0 Å². The number of nitrogens with zero attached hydrogens (tertiary/aromatic N) is 1. The Morgan fingerprint density at radius 1 is 0.944 bits per heavy atom. The van der Waals surface area contributed by atoms with Gasteiger partial charge in [-0.2, -0.15) is 0 Å². The van der Waals surface area contributed by atoms with Crippen LogP contribution in [0.25, 0.3) is 22.1 Å². The molecule has 186 valence electrons. The van der Waals surface area contributed by atoms with Crippen molar-refractivity contribution in [3.63, 3.8) is 0 Å². The maximum atomic E-state index is 9.89. The summed E-state index contributed by atoms with van der Waals surface area (Å²) in [4.78, 5) is 2.42. The number of ether oxygens (including phenoxy) is 1. The molecule has 6 heteroatoms. The summed E-state index contributed by atoms with van der Waals surface area (Å²) in [5.74, 6) is 1.12. The molecule has 0 bridgehead atoms. The molecule has 1 aromatic heterocycles. The quantitative estimate of drug-likeness (QED) is 0.271. The molecule has 1 aliphatic rings. The van der Waals surface area contributed by atoms with Gasteiger partial charge in [-0.05, 0) is 82.3 Å². The molecule has 0 unspecified atom stereocenters. The average Bonchev–Trinajstić information content (AvgIpc) is 3.28. The van der Waals surface area contributed by atoms with E-state index >= 15 is 0 Å². The number of rotatable bonds is 8. The summed E-state index contributed by atoms with van der Waals surface area (Å²) in [7, 11) is 0. The van der Waals surface area contributed by atoms with E-state index in [1.54, 1.807) is 12.1 Å². The lowest BCUT2D eigenvalue weighted by Crippen LogP contribution is -2.44. The molecule has 0 amide bonds. The number of furan rings is 1. The van der Waals surface area contributed by atoms with Gasteiger partial charge in [0.2, 0.25) is 0 Å². The molecule has 0 atom stereocenters. The molecule has 0 radical (unpaired) electrons. The van der Waals surface area contributed by atoms with Crippen LogP contribution in [0, 0.1) is 0 Å². The molecule has 0 spiro atoms. The number of piperazine rings is 1. The van der Waals surface area contributed by atoms with Crippen LogP contribution in [-0.2, 0) is 0 Å². The Morgan fingerprint density at radius 3 is 2.31 bits per heavy atom. The highest BCUT2D eigenvalue weighted by atomic mass is 35.5. The van der Waals surface area contributed by atoms with E-state index in [1.165, 1.54) is 5.57 Å². The van der Waals surface area contributed by atoms with Crippen molar-refractivity contribution in [1.82, 2.24) is 10.2 Å². The van der Waals surface area contributed by atoms with E-state index in [9.17, 15) is 5.11 Å². The zero-order valence-electron chi connectivity index (χ0n) is 20.5. The Balaban J connectivity index is 1.46. The van der Waals surface area contributed by atoms with Crippen molar-refractivity contribution in [2.45, 2.75) is 13.3 Å². The first-order chi connectivity index (χ1) is 17.6. The molecule has 1 saturated heterocycles. The van der Waals surface area contributed by atoms with Crippen molar-refractivity contribution in [3.05, 3.63) is 94.7 Å². The van der Waals surface area contributed by atoms with Gasteiger partial charge in [-0.15, -0.1) is 0 Å². The molecule has 36 heavy (non-hydrogen) atoms. The van der Waals surface area contributed by atoms with Gasteiger partial charge in [0, 0.05) is 44.2 Å². The van der Waals surface area contributed by atoms with Crippen LogP contribution in [0.5, 0.6) is 11.5 Å². The van der Waals surface area contributed by atoms with Gasteiger partial charge in [-0.1, -0.05) is 37.3 Å². The highest BCUT2D eigenvalue weighted by Gasteiger charge is 2.15. The van der Waals surface area contributed by atoms with Gasteiger partial charge in [-0.3, -0.25) is 4.90 Å². The van der Waals surface area contributed by atoms with Crippen molar-refractivity contribution in [1.29, 1.82) is 0 Å². The fourth-order valence-corrected chi connectivity index (χ4v) is 5.01. The molecule has 5 rings (SSSR count). The maximum Gasteiger partial charge on any atom is 0.194 e. The smallest absolute Gasteiger partial charge is 0.194 e. The molecule has 5 nitrogen and oxygen atoms in total. The van der Waals surface area contributed by atoms with E-state index in [-0.39, 0.29) is 5.75 Å². The highest BCUT2D eigenvalue weighted by molar-refractivity contribution is 6.29. The molecule has 3 aromatic carbocycles. The van der Waals surface area contributed by atoms with Crippen LogP contribution in [0.3, 0.4) is 0 Å². The van der Waals surface area contributed by atoms with Crippen LogP contribution in [0.4, 0.5) is 0 Å². The topological polar surface area (TPSA) is 57.9 Å². The SMILES string of the molecule is CC/C(=C(/c1ccc(O)cc1)c1ccc(OCCN2CCNCC2)cc1)c1ccc2oc(Cl)cc2c1. The van der Waals surface area contributed by atoms with E-state index in [0.717, 1.165) is 78.1 Å². The van der Waals surface area contributed by atoms with E-state index in [1.807, 2.05) is 36.4 Å². The van der Waals surface area contributed by atoms with Crippen molar-refractivity contribution in [3.8, 4) is 11.5 Å². The number of benzene rings is 3. The third-order valence-electron chi connectivity index (χ3n) is 6.67. The number of nitrogens with one attached hydrogen (secondary N) is 1. The lowest BCUT2D eigenvalue weighted by atomic mass is 9.88. The number of allylic oxidation sites excluding steroid dienone is 1. The number of halogens is 1. The lowest BCUT2D eigenvalue weighted by Gasteiger charge is -2.26. The molecule has 1 aliphatic heterocycles. The second-order valence-corrected chi connectivity index (χ2v) is 9.39. The fourth-order valence-electron chi connectivity index (χ4n) is 4.81. The summed E-state index contributed by atoms with van der Waals surface area (Å²) in [6, 6.07) is 23.7. The minimum atomic E-state index is 0.249. The molecule has 0 saturated carbocycles. The Bertz CT molecular complexity index is 1340. The van der Waals surface area contributed by atoms with E-state index < -0.39 is 0 Å². The number of hydrogen-bond acceptors (Lipinski definition) is 5. The van der Waals surface area contributed by atoms with Gasteiger partial charge in [0.05, 0.1) is 0 Å². The summed E-state index contributed by atoms with van der Waals surface area (Å²) in [5, 5.41) is 14.6. The van der Waals surface area contributed by atoms with Crippen LogP contribution >= 0.6 is 11.6 Å². The monoisotopic (exact) mass is 502 g/mol. The molecular weight excluding hydrogens is 472 g/mol. The Hall–Kier alpha value is -3.25. The maximum absolute atomic E-state index is 9.89. The van der Waals surface area contributed by atoms with Gasteiger partial charge < -0.3 is 19.6 Å². The summed E-state index contributed by atoms with van der Waals surface area (Å²) in [6.45, 7) is 7.99. The Kier molecular flexibility index (Phi) is 7.61. The number of phenols is 1. The van der Waals surface area contributed by atoms with E-state index in [0.29, 0.717) is 11.8 Å². The lowest BCUT2D eigenvalue weighted by molar-refractivity contribution is 0.191. The predicted molar refractivity (Wildman–Crippen MR) is 147 cm³/mol. The number of phenolic OH excluding ortho intramolecular Hbond substituents is 1. The molecule has 4 aromatic rings. The summed E-state index contributed by atoms with van der Waals surface area (Å²) in [5.41, 5.74) is 6.35. The van der Waals surface area contributed by atoms with Crippen molar-refractivity contribution >= 4 is 33.7 Å². The van der Waals surface area contributed by atoms with E-state index in [2.05, 4.69) is 41.4 Å². The minimum absolute atomic E-state index is 0.249. The normalized spacial score (nSPS) is 15.2. The summed E-state index contributed by atoms with van der Waals surface area (Å²) in [6.07, 6.45) is 0.830. The first-order valence-corrected chi connectivity index (χ1v) is 12.9. The second kappa shape index (κ2) is 11.2. The van der Waals surface area contributed by atoms with Gasteiger partial charge in [0.1, 0.15) is 23.7 Å². The largest absolute Gasteiger partial charge is 0.508 e. The first-order valence-electron chi connectivity index (χ1n) is 12.5. The van der Waals surface area contributed by atoms with Crippen LogP contribution in [0.2, 0.25) is 5.22 Å². The zero-order valence-corrected chi connectivity index (χ0v) is 21.2. The molecular formula is C30H31ClN2O3. The summed E-state index contributed by atoms with van der Waals surface area (Å²) < 4.78 is 11.6. The highest BCUT2D eigenvalue weighted by Crippen LogP contribution is 2.37. The first kappa shape index (κ1) is 24.4. The molecule has 2 heterocycles. The third-order valence-corrected chi connectivity index (χ3v) is 6.86. The Morgan fingerprint density at radius 2 is 1.61 bits per heavy atom. The standard InChI is InChI=1S/C30H31ClN2O3/c1-2-27(23-7-12-28-24(19-23)20-29(31)36-28)30(21-3-8-25(34)9-4-21)22-5-10-26(11-6-22)35-18-17-33-15-13-32-14-16-33/h3-12,19-20,32,34H,2,13-18H2,1H3/b30-27+. The number of hydrogen-bond donors (Lipinski definition) is 2. The molecule has 1 fully saturated rings. The van der Waals surface area contributed by atoms with Crippen LogP contribution in [0.1, 0.15) is 30.0 Å². The molecule has 0 aliphatic carbocycles. The van der Waals surface area contributed by atoms with Gasteiger partial charge in [0.15, 0.2) is 5.22 Å². The van der Waals surface area contributed by atoms with Crippen LogP contribution < -0.4 is 10.1 Å². The zero-order chi connectivity index (χ0) is 24.9. The van der Waals surface area contributed by atoms with E-state index in [4.69, 9.17) is 20.8 Å². The molecule has 2 N–H and O–H groups in total. The van der Waals surface area contributed by atoms with Crippen molar-refractivity contribution in [2.75, 3.05) is 39.3 Å². The van der Waals surface area contributed by atoms with Crippen molar-refractivity contribution < 1.29 is 14.3 Å². The van der Waals surface area contributed by atoms with Crippen molar-refractivity contribution in [2.24, 2.45) is 0 Å². The van der Waals surface area contributed by atoms with Gasteiger partial charge in [0.25, 0.3) is 0 Å². The third kappa shape index (κ3) is 5.59. The van der Waals surface area contributed by atoms with Gasteiger partial charge >= 0.3 is 0 Å². The number of fused-ring (bicyclic) bond motifs is 1. The number of aromatic hydroxyl groups is 1. The summed E-state index contributed by atoms with van der Waals surface area (Å²) >= 11 is 6.09. The van der Waals surface area contributed by atoms with Crippen LogP contribution in [-0.4, -0.2) is 49.3 Å².